The summed E-state index contributed by atoms with van der Waals surface area (Å²) >= 11 is 0. The van der Waals surface area contributed by atoms with Gasteiger partial charge in [-0.15, -0.1) is 0 Å². The molecule has 0 saturated carbocycles. The molecule has 0 N–H and O–H groups in total. The molecule has 0 fully saturated rings. The summed E-state index contributed by atoms with van der Waals surface area (Å²) in [5.74, 6) is 3.52. The number of aromatic nitrogens is 3. The van der Waals surface area contributed by atoms with Crippen LogP contribution in [0.15, 0.2) is 182 Å². The zero-order chi connectivity index (χ0) is 36.7. The van der Waals surface area contributed by atoms with Crippen LogP contribution >= 0.6 is 0 Å². The van der Waals surface area contributed by atoms with Crippen molar-refractivity contribution in [3.63, 3.8) is 0 Å². The van der Waals surface area contributed by atoms with Gasteiger partial charge in [0.05, 0.1) is 39.0 Å². The minimum Gasteiger partial charge on any atom is -0.453 e. The van der Waals surface area contributed by atoms with Gasteiger partial charge in [0, 0.05) is 22.4 Å². The van der Waals surface area contributed by atoms with Crippen molar-refractivity contribution in [3.05, 3.63) is 182 Å². The molecule has 0 aliphatic carbocycles. The summed E-state index contributed by atoms with van der Waals surface area (Å²) in [6.45, 7) is 0. The van der Waals surface area contributed by atoms with Crippen LogP contribution in [0.5, 0.6) is 23.0 Å². The highest BCUT2D eigenvalue weighted by molar-refractivity contribution is 6.17. The molecule has 0 unspecified atom stereocenters. The van der Waals surface area contributed by atoms with Gasteiger partial charge in [-0.05, 0) is 58.7 Å². The molecule has 10 aromatic rings. The maximum Gasteiger partial charge on any atom is 0.235 e. The molecule has 0 spiro atoms. The Hall–Kier alpha value is -7.70. The van der Waals surface area contributed by atoms with Crippen molar-refractivity contribution in [2.75, 3.05) is 4.90 Å². The van der Waals surface area contributed by atoms with Crippen LogP contribution in [0.1, 0.15) is 0 Å². The molecule has 0 radical (unpaired) electrons. The van der Waals surface area contributed by atoms with Gasteiger partial charge in [0.1, 0.15) is 5.69 Å². The van der Waals surface area contributed by atoms with Crippen LogP contribution in [0, 0.1) is 0 Å². The maximum absolute atomic E-state index is 7.15. The molecule has 0 atom stereocenters. The minimum atomic E-state index is 0.572. The third kappa shape index (κ3) is 4.56. The molecule has 2 aliphatic rings. The van der Waals surface area contributed by atoms with Gasteiger partial charge in [0.25, 0.3) is 0 Å². The second-order valence-electron chi connectivity index (χ2n) is 14.2. The van der Waals surface area contributed by atoms with E-state index in [0.29, 0.717) is 11.7 Å². The van der Waals surface area contributed by atoms with Gasteiger partial charge in [-0.3, -0.25) is 9.47 Å². The first kappa shape index (κ1) is 30.7. The normalized spacial score (nSPS) is 12.5. The van der Waals surface area contributed by atoms with Gasteiger partial charge in [-0.2, -0.15) is 0 Å². The van der Waals surface area contributed by atoms with Crippen molar-refractivity contribution >= 4 is 49.8 Å². The largest absolute Gasteiger partial charge is 0.453 e. The number of fused-ring (bicyclic) bond motifs is 9. The number of para-hydroxylation sites is 2. The van der Waals surface area contributed by atoms with E-state index in [4.69, 9.17) is 19.4 Å². The van der Waals surface area contributed by atoms with Crippen molar-refractivity contribution in [2.45, 2.75) is 0 Å². The lowest BCUT2D eigenvalue weighted by Crippen LogP contribution is -2.20. The number of ether oxygens (including phenoxy) is 2. The molecule has 2 aromatic heterocycles. The van der Waals surface area contributed by atoms with Gasteiger partial charge >= 0.3 is 0 Å². The number of hydrogen-bond acceptors (Lipinski definition) is 5. The first-order valence-electron chi connectivity index (χ1n) is 18.7. The highest BCUT2D eigenvalue weighted by Gasteiger charge is 2.38. The Morgan fingerprint density at radius 2 is 0.982 bits per heavy atom. The molecule has 6 nitrogen and oxygen atoms in total. The SMILES string of the molecule is c1ccc(-c2ccc3c(c2)Oc2cc4c(c5c2N3c2ccc(-c3ccccc3)cc2O5)c2ccccc2n4-c2nc(-c3ccccc3)c3ccccc3n2)cc1. The van der Waals surface area contributed by atoms with E-state index in [9.17, 15) is 0 Å². The van der Waals surface area contributed by atoms with E-state index < -0.39 is 0 Å². The molecule has 6 heteroatoms. The topological polar surface area (TPSA) is 52.4 Å². The Morgan fingerprint density at radius 1 is 0.411 bits per heavy atom. The number of hydrogen-bond donors (Lipinski definition) is 0. The van der Waals surface area contributed by atoms with E-state index in [2.05, 4.69) is 149 Å². The molecule has 4 heterocycles. The smallest absolute Gasteiger partial charge is 0.235 e. The van der Waals surface area contributed by atoms with Crippen LogP contribution < -0.4 is 14.4 Å². The lowest BCUT2D eigenvalue weighted by Gasteiger charge is -2.38. The average molecular weight is 719 g/mol. The lowest BCUT2D eigenvalue weighted by atomic mass is 9.99. The molecule has 262 valence electrons. The first-order chi connectivity index (χ1) is 27.8. The van der Waals surface area contributed by atoms with Crippen LogP contribution in [-0.2, 0) is 0 Å². The van der Waals surface area contributed by atoms with Crippen molar-refractivity contribution in [1.29, 1.82) is 0 Å². The molecule has 0 bridgehead atoms. The van der Waals surface area contributed by atoms with Gasteiger partial charge < -0.3 is 9.47 Å². The van der Waals surface area contributed by atoms with E-state index in [1.807, 2.05) is 42.5 Å². The zero-order valence-electron chi connectivity index (χ0n) is 29.9. The Labute approximate surface area is 322 Å². The fourth-order valence-electron chi connectivity index (χ4n) is 8.42. The molecule has 2 aliphatic heterocycles. The molecular weight excluding hydrogens is 689 g/mol. The van der Waals surface area contributed by atoms with E-state index in [0.717, 1.165) is 101 Å². The standard InChI is InChI=1S/C50H30N4O2/c1-4-14-31(15-5-1)34-24-26-40-43(28-34)55-45-30-42-46(49-48(45)53(40)41-27-25-35(29-44(41)56-49)32-16-6-2-7-17-32)37-21-11-13-23-39(37)54(42)50-51-38-22-12-10-20-36(38)47(52-50)33-18-8-3-9-19-33/h1-30H. The van der Waals surface area contributed by atoms with E-state index in [-0.39, 0.29) is 0 Å². The molecular formula is C50H30N4O2. The van der Waals surface area contributed by atoms with Gasteiger partial charge in [0.15, 0.2) is 23.0 Å². The Morgan fingerprint density at radius 3 is 1.66 bits per heavy atom. The maximum atomic E-state index is 7.15. The van der Waals surface area contributed by atoms with Crippen LogP contribution in [0.2, 0.25) is 0 Å². The Bertz CT molecular complexity index is 3180. The van der Waals surface area contributed by atoms with Gasteiger partial charge in [0.2, 0.25) is 5.95 Å². The van der Waals surface area contributed by atoms with Crippen LogP contribution in [-0.4, -0.2) is 14.5 Å². The second kappa shape index (κ2) is 11.9. The van der Waals surface area contributed by atoms with Crippen molar-refractivity contribution in [2.24, 2.45) is 0 Å². The van der Waals surface area contributed by atoms with Crippen molar-refractivity contribution in [1.82, 2.24) is 14.5 Å². The number of nitrogens with zero attached hydrogens (tertiary/aromatic N) is 4. The van der Waals surface area contributed by atoms with Gasteiger partial charge in [-0.1, -0.05) is 140 Å². The van der Waals surface area contributed by atoms with Crippen LogP contribution in [0.4, 0.5) is 17.1 Å². The Balaban J connectivity index is 1.15. The summed E-state index contributed by atoms with van der Waals surface area (Å²) in [5, 5.41) is 2.99. The zero-order valence-corrected chi connectivity index (χ0v) is 29.9. The summed E-state index contributed by atoms with van der Waals surface area (Å²) in [6.07, 6.45) is 0. The summed E-state index contributed by atoms with van der Waals surface area (Å²) in [4.78, 5) is 12.9. The highest BCUT2D eigenvalue weighted by atomic mass is 16.5. The number of anilines is 3. The van der Waals surface area contributed by atoms with Crippen molar-refractivity contribution in [3.8, 4) is 62.5 Å². The number of benzene rings is 8. The summed E-state index contributed by atoms with van der Waals surface area (Å²) < 4.78 is 16.3. The predicted octanol–water partition coefficient (Wildman–Crippen LogP) is 13.4. The highest BCUT2D eigenvalue weighted by Crippen LogP contribution is 2.63. The lowest BCUT2D eigenvalue weighted by molar-refractivity contribution is 0.450. The molecule has 0 saturated heterocycles. The summed E-state index contributed by atoms with van der Waals surface area (Å²) in [6, 6.07) is 62.9. The van der Waals surface area contributed by atoms with Gasteiger partial charge in [-0.25, -0.2) is 9.97 Å². The molecule has 0 amide bonds. The predicted molar refractivity (Wildman–Crippen MR) is 225 cm³/mol. The molecule has 8 aromatic carbocycles. The van der Waals surface area contributed by atoms with Crippen LogP contribution in [0.25, 0.3) is 72.2 Å². The number of rotatable bonds is 4. The molecule has 12 rings (SSSR count). The monoisotopic (exact) mass is 718 g/mol. The summed E-state index contributed by atoms with van der Waals surface area (Å²) in [5.41, 5.74) is 11.8. The third-order valence-electron chi connectivity index (χ3n) is 11.0. The third-order valence-corrected chi connectivity index (χ3v) is 11.0. The fourth-order valence-corrected chi connectivity index (χ4v) is 8.42. The fraction of sp³-hybridized carbons (Fsp3) is 0. The Kier molecular flexibility index (Phi) is 6.53. The van der Waals surface area contributed by atoms with Crippen LogP contribution in [0.3, 0.4) is 0 Å². The summed E-state index contributed by atoms with van der Waals surface area (Å²) in [7, 11) is 0. The first-order valence-corrected chi connectivity index (χ1v) is 18.7. The molecule has 56 heavy (non-hydrogen) atoms. The van der Waals surface area contributed by atoms with E-state index in [1.54, 1.807) is 0 Å². The minimum absolute atomic E-state index is 0.572. The second-order valence-corrected chi connectivity index (χ2v) is 14.2. The van der Waals surface area contributed by atoms with E-state index in [1.165, 1.54) is 0 Å². The van der Waals surface area contributed by atoms with Crippen molar-refractivity contribution < 1.29 is 9.47 Å². The average Bonchev–Trinajstić information content (AvgIpc) is 3.60. The van der Waals surface area contributed by atoms with E-state index >= 15 is 0 Å². The quantitative estimate of drug-likeness (QED) is 0.181.